The highest BCUT2D eigenvalue weighted by Crippen LogP contribution is 2.24. The summed E-state index contributed by atoms with van der Waals surface area (Å²) >= 11 is -0.283. The molecular weight excluding hydrogens is 266 g/mol. The Labute approximate surface area is 130 Å². The molecule has 0 atom stereocenters. The zero-order valence-corrected chi connectivity index (χ0v) is 14.6. The van der Waals surface area contributed by atoms with Crippen LogP contribution in [0.15, 0.2) is 0 Å². The topological polar surface area (TPSA) is 29.1 Å². The van der Waals surface area contributed by atoms with Gasteiger partial charge in [0.05, 0.1) is 0 Å². The minimum atomic E-state index is -0.283. The molecule has 2 nitrogen and oxygen atoms in total. The van der Waals surface area contributed by atoms with Gasteiger partial charge in [-0.3, -0.25) is 4.79 Å². The number of hydrogen-bond acceptors (Lipinski definition) is 1. The van der Waals surface area contributed by atoms with E-state index in [9.17, 15) is 4.79 Å². The Kier molecular flexibility index (Phi) is 16.7. The first-order valence-corrected chi connectivity index (χ1v) is 10.4. The van der Waals surface area contributed by atoms with E-state index >= 15 is 0 Å². The average Bonchev–Trinajstić information content (AvgIpc) is 2.46. The molecule has 20 heavy (non-hydrogen) atoms. The van der Waals surface area contributed by atoms with Crippen LogP contribution in [0.3, 0.4) is 0 Å². The number of amides is 1. The van der Waals surface area contributed by atoms with Crippen LogP contribution in [0.2, 0.25) is 0 Å². The molecule has 0 bridgehead atoms. The molecule has 0 spiro atoms. The summed E-state index contributed by atoms with van der Waals surface area (Å²) in [5.74, 6) is 2.40. The maximum atomic E-state index is 10.5. The van der Waals surface area contributed by atoms with Gasteiger partial charge in [-0.2, -0.15) is 11.1 Å². The van der Waals surface area contributed by atoms with Crippen molar-refractivity contribution < 1.29 is 4.79 Å². The molecule has 0 aromatic carbocycles. The molecule has 0 rings (SSSR count). The predicted molar refractivity (Wildman–Crippen MR) is 94.3 cm³/mol. The third-order valence-electron chi connectivity index (χ3n) is 3.77. The minimum absolute atomic E-state index is 0.283. The highest BCUT2D eigenvalue weighted by atomic mass is 32.2. The molecule has 0 saturated carbocycles. The summed E-state index contributed by atoms with van der Waals surface area (Å²) in [5.41, 5.74) is 0. The number of thiol groups is 1. The van der Waals surface area contributed by atoms with Crippen LogP contribution in [0.5, 0.6) is 0 Å². The number of carbonyl (C=O) groups excluding carboxylic acids is 1. The van der Waals surface area contributed by atoms with Crippen LogP contribution >= 0.6 is 11.1 Å². The van der Waals surface area contributed by atoms with E-state index in [0.717, 1.165) is 0 Å². The standard InChI is InChI=1S/C17H36NOS/c1-3-5-7-9-11-13-15-20(18-17-19)16-14-12-10-8-6-4-2/h20H,3-16H2,1-2H3,(H,18,19). The first kappa shape index (κ1) is 19.8. The summed E-state index contributed by atoms with van der Waals surface area (Å²) < 4.78 is 2.95. The van der Waals surface area contributed by atoms with Gasteiger partial charge < -0.3 is 4.72 Å². The second-order valence-electron chi connectivity index (χ2n) is 5.74. The number of hydrogen-bond donors (Lipinski definition) is 2. The Bertz CT molecular complexity index is 183. The third kappa shape index (κ3) is 14.2. The molecule has 1 amide bonds. The van der Waals surface area contributed by atoms with Crippen molar-refractivity contribution in [2.24, 2.45) is 0 Å². The van der Waals surface area contributed by atoms with Crippen molar-refractivity contribution in [3.63, 3.8) is 0 Å². The van der Waals surface area contributed by atoms with Gasteiger partial charge in [0.25, 0.3) is 0 Å². The van der Waals surface area contributed by atoms with E-state index in [0.29, 0.717) is 0 Å². The smallest absolute Gasteiger partial charge is 0.312 e. The zero-order chi connectivity index (χ0) is 14.9. The normalized spacial score (nSPS) is 11.4. The molecule has 0 unspecified atom stereocenters. The number of unbranched alkanes of at least 4 members (excludes halogenated alkanes) is 10. The van der Waals surface area contributed by atoms with Crippen LogP contribution in [-0.4, -0.2) is 17.9 Å². The van der Waals surface area contributed by atoms with Crippen LogP contribution in [0.25, 0.3) is 0 Å². The molecule has 1 radical (unpaired) electrons. The van der Waals surface area contributed by atoms with Crippen molar-refractivity contribution in [2.45, 2.75) is 90.9 Å². The van der Waals surface area contributed by atoms with Gasteiger partial charge in [0.15, 0.2) is 0 Å². The fraction of sp³-hybridized carbons (Fsp3) is 0.941. The molecular formula is C17H36NOS. The molecule has 3 heteroatoms. The molecule has 0 heterocycles. The molecule has 0 aliphatic carbocycles. The van der Waals surface area contributed by atoms with Crippen molar-refractivity contribution >= 4 is 17.5 Å². The average molecular weight is 303 g/mol. The van der Waals surface area contributed by atoms with Crippen molar-refractivity contribution in [2.75, 3.05) is 11.5 Å². The van der Waals surface area contributed by atoms with E-state index in [1.165, 1.54) is 88.6 Å². The first-order valence-electron chi connectivity index (χ1n) is 8.72. The third-order valence-corrected chi connectivity index (χ3v) is 5.89. The maximum absolute atomic E-state index is 10.5. The lowest BCUT2D eigenvalue weighted by Crippen LogP contribution is -2.12. The molecule has 0 aromatic rings. The molecule has 0 fully saturated rings. The van der Waals surface area contributed by atoms with E-state index in [4.69, 9.17) is 0 Å². The molecule has 0 aliphatic heterocycles. The number of rotatable bonds is 16. The molecule has 0 saturated heterocycles. The second kappa shape index (κ2) is 16.9. The molecule has 1 N–H and O–H groups in total. The first-order chi connectivity index (χ1) is 9.85. The van der Waals surface area contributed by atoms with E-state index in [-0.39, 0.29) is 11.1 Å². The lowest BCUT2D eigenvalue weighted by Gasteiger charge is -2.20. The Hall–Kier alpha value is -0.180. The summed E-state index contributed by atoms with van der Waals surface area (Å²) in [6, 6.07) is 0. The lowest BCUT2D eigenvalue weighted by molar-refractivity contribution is 0.554. The van der Waals surface area contributed by atoms with Crippen molar-refractivity contribution in [3.05, 3.63) is 0 Å². The SMILES string of the molecule is CCCCCCCC[SH](CCCCCCCC)N[C]=O. The molecule has 0 aromatic heterocycles. The highest BCUT2D eigenvalue weighted by Gasteiger charge is 2.03. The Morgan fingerprint density at radius 3 is 1.50 bits per heavy atom. The van der Waals surface area contributed by atoms with Gasteiger partial charge in [-0.05, 0) is 24.3 Å². The van der Waals surface area contributed by atoms with Crippen LogP contribution < -0.4 is 4.72 Å². The largest absolute Gasteiger partial charge is 0.318 e. The van der Waals surface area contributed by atoms with Crippen molar-refractivity contribution in [3.8, 4) is 0 Å². The van der Waals surface area contributed by atoms with Gasteiger partial charge in [-0.1, -0.05) is 78.1 Å². The van der Waals surface area contributed by atoms with E-state index in [2.05, 4.69) is 18.6 Å². The van der Waals surface area contributed by atoms with Gasteiger partial charge in [0.1, 0.15) is 0 Å². The van der Waals surface area contributed by atoms with E-state index in [1.807, 2.05) is 6.41 Å². The molecule has 0 aliphatic rings. The fourth-order valence-corrected chi connectivity index (χ4v) is 4.24. The predicted octanol–water partition coefficient (Wildman–Crippen LogP) is 5.28. The van der Waals surface area contributed by atoms with Crippen molar-refractivity contribution in [1.29, 1.82) is 0 Å². The van der Waals surface area contributed by atoms with Crippen LogP contribution in [0.4, 0.5) is 0 Å². The summed E-state index contributed by atoms with van der Waals surface area (Å²) in [6.45, 7) is 4.51. The van der Waals surface area contributed by atoms with Crippen LogP contribution in [-0.2, 0) is 4.79 Å². The van der Waals surface area contributed by atoms with Gasteiger partial charge >= 0.3 is 6.41 Å². The van der Waals surface area contributed by atoms with Crippen LogP contribution in [0.1, 0.15) is 90.9 Å². The van der Waals surface area contributed by atoms with Gasteiger partial charge in [-0.15, -0.1) is 0 Å². The maximum Gasteiger partial charge on any atom is 0.318 e. The zero-order valence-electron chi connectivity index (χ0n) is 13.8. The lowest BCUT2D eigenvalue weighted by atomic mass is 10.1. The fourth-order valence-electron chi connectivity index (χ4n) is 2.45. The van der Waals surface area contributed by atoms with E-state index < -0.39 is 0 Å². The minimum Gasteiger partial charge on any atom is -0.312 e. The summed E-state index contributed by atoms with van der Waals surface area (Å²) in [6.07, 6.45) is 18.0. The summed E-state index contributed by atoms with van der Waals surface area (Å²) in [5, 5.41) is 0. The Balaban J connectivity index is 3.47. The summed E-state index contributed by atoms with van der Waals surface area (Å²) in [7, 11) is 0. The second-order valence-corrected chi connectivity index (χ2v) is 7.93. The molecule has 121 valence electrons. The highest BCUT2D eigenvalue weighted by molar-refractivity contribution is 8.15. The Morgan fingerprint density at radius 2 is 1.10 bits per heavy atom. The quantitative estimate of drug-likeness (QED) is 0.227. The Morgan fingerprint density at radius 1 is 0.700 bits per heavy atom. The monoisotopic (exact) mass is 302 g/mol. The number of nitrogens with one attached hydrogen (secondary N) is 1. The van der Waals surface area contributed by atoms with Crippen LogP contribution in [0, 0.1) is 0 Å². The summed E-state index contributed by atoms with van der Waals surface area (Å²) in [4.78, 5) is 10.5. The van der Waals surface area contributed by atoms with Gasteiger partial charge in [0, 0.05) is 0 Å². The van der Waals surface area contributed by atoms with Gasteiger partial charge in [0.2, 0.25) is 0 Å². The van der Waals surface area contributed by atoms with Gasteiger partial charge in [-0.25, -0.2) is 0 Å². The van der Waals surface area contributed by atoms with Crippen molar-refractivity contribution in [1.82, 2.24) is 4.72 Å². The van der Waals surface area contributed by atoms with E-state index in [1.54, 1.807) is 0 Å².